The average molecular weight is 601 g/mol. The fourth-order valence-corrected chi connectivity index (χ4v) is 9.04. The number of rotatable bonds is 8. The maximum absolute atomic E-state index is 13.6. The number of thiazole rings is 1. The van der Waals surface area contributed by atoms with Crippen LogP contribution in [0.25, 0.3) is 10.4 Å². The number of nitrogens with one attached hydrogen (secondary N) is 1. The van der Waals surface area contributed by atoms with Gasteiger partial charge in [-0.25, -0.2) is 4.98 Å². The Kier molecular flexibility index (Phi) is 9.84. The largest absolute Gasteiger partial charge is 0.496 e. The molecule has 2 aromatic carbocycles. The van der Waals surface area contributed by atoms with E-state index in [4.69, 9.17) is 9.72 Å². The molecule has 1 amide bonds. The van der Waals surface area contributed by atoms with Crippen LogP contribution >= 0.6 is 11.3 Å². The molecule has 3 saturated carbocycles. The average Bonchev–Trinajstić information content (AvgIpc) is 3.55. The smallest absolute Gasteiger partial charge is 0.223 e. The standard InChI is InChI=1S/C37H48N2O3S/c1-24-20-27(17-19-33(24)42-2)31-18-16-30(22-32(31)40)35(39-36(41)25-10-5-3-6-11-25)29-15-9-14-28(21-29)34-23-38-37(43-34)26-12-7-4-8-13-26/h9,14-15,17,19-21,23,25-26,30-32,35,40H,3-8,10-13,16,18,22H2,1-2H3,(H,39,41). The Morgan fingerprint density at radius 1 is 0.977 bits per heavy atom. The molecule has 3 aliphatic carbocycles. The summed E-state index contributed by atoms with van der Waals surface area (Å²) in [5, 5.41) is 16.3. The van der Waals surface area contributed by atoms with Gasteiger partial charge < -0.3 is 15.2 Å². The Balaban J connectivity index is 1.24. The Bertz CT molecular complexity index is 1370. The molecule has 3 aromatic rings. The molecule has 4 unspecified atom stereocenters. The van der Waals surface area contributed by atoms with Gasteiger partial charge >= 0.3 is 0 Å². The molecule has 4 atom stereocenters. The van der Waals surface area contributed by atoms with Crippen molar-refractivity contribution in [2.24, 2.45) is 11.8 Å². The van der Waals surface area contributed by atoms with Crippen LogP contribution in [0, 0.1) is 18.8 Å². The fraction of sp³-hybridized carbons (Fsp3) is 0.568. The number of aromatic nitrogens is 1. The van der Waals surface area contributed by atoms with Gasteiger partial charge in [0.1, 0.15) is 5.75 Å². The lowest BCUT2D eigenvalue weighted by molar-refractivity contribution is -0.127. The van der Waals surface area contributed by atoms with Crippen molar-refractivity contribution in [1.82, 2.24) is 10.3 Å². The van der Waals surface area contributed by atoms with Crippen LogP contribution in [0.3, 0.4) is 0 Å². The number of carbonyl (C=O) groups is 1. The van der Waals surface area contributed by atoms with E-state index in [0.29, 0.717) is 12.3 Å². The Hall–Kier alpha value is -2.70. The van der Waals surface area contributed by atoms with Gasteiger partial charge in [0.2, 0.25) is 5.91 Å². The third kappa shape index (κ3) is 7.01. The number of hydrogen-bond acceptors (Lipinski definition) is 5. The molecule has 230 valence electrons. The number of aryl methyl sites for hydroxylation is 1. The van der Waals surface area contributed by atoms with E-state index in [-0.39, 0.29) is 29.7 Å². The molecule has 0 spiro atoms. The van der Waals surface area contributed by atoms with E-state index in [9.17, 15) is 9.90 Å². The van der Waals surface area contributed by atoms with E-state index in [1.165, 1.54) is 59.5 Å². The summed E-state index contributed by atoms with van der Waals surface area (Å²) in [5.74, 6) is 2.04. The third-order valence-corrected chi connectivity index (χ3v) is 11.7. The molecule has 2 N–H and O–H groups in total. The van der Waals surface area contributed by atoms with Crippen LogP contribution in [-0.4, -0.2) is 29.2 Å². The molecule has 6 heteroatoms. The highest BCUT2D eigenvalue weighted by atomic mass is 32.1. The first-order chi connectivity index (χ1) is 21.0. The van der Waals surface area contributed by atoms with E-state index in [2.05, 4.69) is 54.8 Å². The molecule has 3 fully saturated rings. The lowest BCUT2D eigenvalue weighted by atomic mass is 9.72. The number of ether oxygens (including phenoxy) is 1. The summed E-state index contributed by atoms with van der Waals surface area (Å²) in [6, 6.07) is 14.9. The molecule has 43 heavy (non-hydrogen) atoms. The van der Waals surface area contributed by atoms with Crippen molar-refractivity contribution >= 4 is 17.2 Å². The number of methoxy groups -OCH3 is 1. The van der Waals surface area contributed by atoms with Gasteiger partial charge in [-0.2, -0.15) is 0 Å². The minimum Gasteiger partial charge on any atom is -0.496 e. The van der Waals surface area contributed by atoms with Gasteiger partial charge in [0, 0.05) is 24.0 Å². The molecular weight excluding hydrogens is 552 g/mol. The molecule has 6 rings (SSSR count). The van der Waals surface area contributed by atoms with Crippen LogP contribution in [0.1, 0.15) is 123 Å². The van der Waals surface area contributed by atoms with Crippen molar-refractivity contribution in [2.75, 3.05) is 7.11 Å². The summed E-state index contributed by atoms with van der Waals surface area (Å²) in [6.45, 7) is 2.06. The predicted molar refractivity (Wildman–Crippen MR) is 175 cm³/mol. The van der Waals surface area contributed by atoms with Gasteiger partial charge in [-0.15, -0.1) is 11.3 Å². The number of aliphatic hydroxyl groups excluding tert-OH is 1. The van der Waals surface area contributed by atoms with Crippen LogP contribution in [0.4, 0.5) is 0 Å². The number of carbonyl (C=O) groups excluding carboxylic acids is 1. The molecule has 0 saturated heterocycles. The van der Waals surface area contributed by atoms with Crippen molar-refractivity contribution < 1.29 is 14.6 Å². The van der Waals surface area contributed by atoms with Gasteiger partial charge in [-0.1, -0.05) is 68.9 Å². The van der Waals surface area contributed by atoms with Gasteiger partial charge in [-0.05, 0) is 92.2 Å². The summed E-state index contributed by atoms with van der Waals surface area (Å²) in [4.78, 5) is 19.7. The highest BCUT2D eigenvalue weighted by Gasteiger charge is 2.37. The van der Waals surface area contributed by atoms with E-state index in [1.807, 2.05) is 17.4 Å². The number of amides is 1. The minimum atomic E-state index is -0.455. The fourth-order valence-electron chi connectivity index (χ4n) is 7.96. The summed E-state index contributed by atoms with van der Waals surface area (Å²) in [5.41, 5.74) is 4.59. The number of aliphatic hydroxyl groups is 1. The molecule has 0 radical (unpaired) electrons. The van der Waals surface area contributed by atoms with Crippen LogP contribution in [0.5, 0.6) is 5.75 Å². The zero-order valence-electron chi connectivity index (χ0n) is 25.9. The molecule has 1 aromatic heterocycles. The van der Waals surface area contributed by atoms with Gasteiger partial charge in [-0.3, -0.25) is 4.79 Å². The molecule has 0 bridgehead atoms. The second kappa shape index (κ2) is 13.9. The van der Waals surface area contributed by atoms with Crippen LogP contribution in [0.15, 0.2) is 48.7 Å². The lowest BCUT2D eigenvalue weighted by Crippen LogP contribution is -2.41. The SMILES string of the molecule is COc1ccc(C2CCC(C(NC(=O)C3CCCCC3)c3cccc(-c4cnc(C5CCCCC5)s4)c3)CC2O)cc1C. The second-order valence-corrected chi connectivity index (χ2v) is 14.4. The predicted octanol–water partition coefficient (Wildman–Crippen LogP) is 8.86. The normalized spacial score (nSPS) is 24.4. The van der Waals surface area contributed by atoms with Crippen LogP contribution < -0.4 is 10.1 Å². The number of nitrogens with zero attached hydrogens (tertiary/aromatic N) is 1. The van der Waals surface area contributed by atoms with Crippen molar-refractivity contribution in [3.63, 3.8) is 0 Å². The zero-order chi connectivity index (χ0) is 29.8. The van der Waals surface area contributed by atoms with Crippen molar-refractivity contribution in [1.29, 1.82) is 0 Å². The molecule has 3 aliphatic rings. The van der Waals surface area contributed by atoms with E-state index in [0.717, 1.165) is 55.4 Å². The molecule has 1 heterocycles. The maximum atomic E-state index is 13.6. The topological polar surface area (TPSA) is 71.5 Å². The summed E-state index contributed by atoms with van der Waals surface area (Å²) in [6.07, 6.45) is 16.1. The first-order valence-electron chi connectivity index (χ1n) is 16.7. The summed E-state index contributed by atoms with van der Waals surface area (Å²) >= 11 is 1.84. The van der Waals surface area contributed by atoms with E-state index >= 15 is 0 Å². The number of hydrogen-bond donors (Lipinski definition) is 2. The first-order valence-corrected chi connectivity index (χ1v) is 17.5. The highest BCUT2D eigenvalue weighted by Crippen LogP contribution is 2.44. The first kappa shape index (κ1) is 30.3. The monoisotopic (exact) mass is 600 g/mol. The Morgan fingerprint density at radius 3 is 2.47 bits per heavy atom. The van der Waals surface area contributed by atoms with E-state index in [1.54, 1.807) is 7.11 Å². The van der Waals surface area contributed by atoms with E-state index < -0.39 is 6.10 Å². The van der Waals surface area contributed by atoms with Crippen molar-refractivity contribution in [3.8, 4) is 16.2 Å². The third-order valence-electron chi connectivity index (χ3n) is 10.5. The quantitative estimate of drug-likeness (QED) is 0.271. The maximum Gasteiger partial charge on any atom is 0.223 e. The minimum absolute atomic E-state index is 0.0947. The Labute approximate surface area is 261 Å². The molecule has 0 aliphatic heterocycles. The molecular formula is C37H48N2O3S. The Morgan fingerprint density at radius 2 is 1.74 bits per heavy atom. The van der Waals surface area contributed by atoms with Gasteiger partial charge in [0.05, 0.1) is 29.1 Å². The lowest BCUT2D eigenvalue weighted by Gasteiger charge is -2.38. The van der Waals surface area contributed by atoms with Gasteiger partial charge in [0.25, 0.3) is 0 Å². The van der Waals surface area contributed by atoms with Crippen LogP contribution in [-0.2, 0) is 4.79 Å². The summed E-state index contributed by atoms with van der Waals surface area (Å²) < 4.78 is 5.47. The van der Waals surface area contributed by atoms with Crippen molar-refractivity contribution in [2.45, 2.75) is 114 Å². The summed E-state index contributed by atoms with van der Waals surface area (Å²) in [7, 11) is 1.70. The number of benzene rings is 2. The van der Waals surface area contributed by atoms with Crippen LogP contribution in [0.2, 0.25) is 0 Å². The molecule has 5 nitrogen and oxygen atoms in total. The van der Waals surface area contributed by atoms with Gasteiger partial charge in [0.15, 0.2) is 0 Å². The zero-order valence-corrected chi connectivity index (χ0v) is 26.7. The van der Waals surface area contributed by atoms with Crippen molar-refractivity contribution in [3.05, 3.63) is 70.4 Å². The second-order valence-electron chi connectivity index (χ2n) is 13.3. The highest BCUT2D eigenvalue weighted by molar-refractivity contribution is 7.15.